The molecule has 1 aromatic rings. The monoisotopic (exact) mass is 151 g/mol. The SMILES string of the molecule is N#Cc1ccsc1C(=N)N. The molecule has 0 aliphatic carbocycles. The van der Waals surface area contributed by atoms with Crippen LogP contribution in [0.4, 0.5) is 0 Å². The zero-order valence-corrected chi connectivity index (χ0v) is 5.90. The minimum absolute atomic E-state index is 0.0356. The third-order valence-corrected chi connectivity index (χ3v) is 1.98. The Kier molecular flexibility index (Phi) is 1.69. The first-order valence-electron chi connectivity index (χ1n) is 2.57. The van der Waals surface area contributed by atoms with E-state index in [4.69, 9.17) is 16.4 Å². The van der Waals surface area contributed by atoms with E-state index in [1.54, 1.807) is 11.4 Å². The Bertz CT molecular complexity index is 294. The van der Waals surface area contributed by atoms with Crippen LogP contribution >= 0.6 is 11.3 Å². The molecule has 0 atom stereocenters. The van der Waals surface area contributed by atoms with Crippen molar-refractivity contribution >= 4 is 17.2 Å². The van der Waals surface area contributed by atoms with Gasteiger partial charge in [0.2, 0.25) is 0 Å². The van der Waals surface area contributed by atoms with E-state index in [0.717, 1.165) is 0 Å². The number of nitrogens with one attached hydrogen (secondary N) is 1. The highest BCUT2D eigenvalue weighted by Crippen LogP contribution is 2.13. The Balaban J connectivity index is 3.17. The van der Waals surface area contributed by atoms with E-state index in [2.05, 4.69) is 0 Å². The van der Waals surface area contributed by atoms with Gasteiger partial charge in [-0.05, 0) is 11.4 Å². The van der Waals surface area contributed by atoms with E-state index >= 15 is 0 Å². The Morgan fingerprint density at radius 3 is 2.90 bits per heavy atom. The molecule has 0 aromatic carbocycles. The highest BCUT2D eigenvalue weighted by atomic mass is 32.1. The van der Waals surface area contributed by atoms with Gasteiger partial charge in [0.25, 0.3) is 0 Å². The molecule has 50 valence electrons. The summed E-state index contributed by atoms with van der Waals surface area (Å²) in [6.07, 6.45) is 0. The summed E-state index contributed by atoms with van der Waals surface area (Å²) in [6, 6.07) is 3.60. The molecule has 0 unspecified atom stereocenters. The minimum atomic E-state index is -0.0356. The minimum Gasteiger partial charge on any atom is -0.383 e. The lowest BCUT2D eigenvalue weighted by Gasteiger charge is -1.89. The van der Waals surface area contributed by atoms with Crippen molar-refractivity contribution in [1.29, 1.82) is 10.7 Å². The van der Waals surface area contributed by atoms with E-state index in [-0.39, 0.29) is 5.84 Å². The van der Waals surface area contributed by atoms with E-state index in [1.807, 2.05) is 6.07 Å². The summed E-state index contributed by atoms with van der Waals surface area (Å²) in [7, 11) is 0. The molecule has 0 amide bonds. The normalized spacial score (nSPS) is 8.70. The van der Waals surface area contributed by atoms with Crippen molar-refractivity contribution in [2.24, 2.45) is 5.73 Å². The summed E-state index contributed by atoms with van der Waals surface area (Å²) in [4.78, 5) is 0.558. The molecule has 0 aliphatic heterocycles. The van der Waals surface area contributed by atoms with Gasteiger partial charge in [0.15, 0.2) is 0 Å². The molecule has 10 heavy (non-hydrogen) atoms. The first-order valence-corrected chi connectivity index (χ1v) is 3.45. The largest absolute Gasteiger partial charge is 0.383 e. The van der Waals surface area contributed by atoms with Crippen LogP contribution in [0.15, 0.2) is 11.4 Å². The molecule has 1 heterocycles. The second-order valence-corrected chi connectivity index (χ2v) is 2.60. The van der Waals surface area contributed by atoms with Gasteiger partial charge in [-0.25, -0.2) is 0 Å². The van der Waals surface area contributed by atoms with E-state index in [0.29, 0.717) is 10.4 Å². The topological polar surface area (TPSA) is 73.7 Å². The molecule has 0 saturated heterocycles. The van der Waals surface area contributed by atoms with Crippen LogP contribution in [0.3, 0.4) is 0 Å². The standard InChI is InChI=1S/C6H5N3S/c7-3-4-1-2-10-5(4)6(8)9/h1-2H,(H3,8,9). The average Bonchev–Trinajstić information content (AvgIpc) is 2.33. The second kappa shape index (κ2) is 2.50. The van der Waals surface area contributed by atoms with Gasteiger partial charge in [-0.3, -0.25) is 5.41 Å². The lowest BCUT2D eigenvalue weighted by molar-refractivity contribution is 1.44. The summed E-state index contributed by atoms with van der Waals surface area (Å²) in [5.41, 5.74) is 5.66. The predicted octanol–water partition coefficient (Wildman–Crippen LogP) is 0.904. The first kappa shape index (κ1) is 6.78. The van der Waals surface area contributed by atoms with E-state index in [9.17, 15) is 0 Å². The molecule has 3 nitrogen and oxygen atoms in total. The van der Waals surface area contributed by atoms with Crippen LogP contribution in [0.5, 0.6) is 0 Å². The van der Waals surface area contributed by atoms with Crippen molar-refractivity contribution < 1.29 is 0 Å². The molecular formula is C6H5N3S. The van der Waals surface area contributed by atoms with Gasteiger partial charge in [0, 0.05) is 0 Å². The van der Waals surface area contributed by atoms with E-state index < -0.39 is 0 Å². The van der Waals surface area contributed by atoms with Gasteiger partial charge >= 0.3 is 0 Å². The van der Waals surface area contributed by atoms with Crippen LogP contribution in [0, 0.1) is 16.7 Å². The Morgan fingerprint density at radius 1 is 1.80 bits per heavy atom. The smallest absolute Gasteiger partial charge is 0.134 e. The summed E-state index contributed by atoms with van der Waals surface area (Å²) in [6.45, 7) is 0. The summed E-state index contributed by atoms with van der Waals surface area (Å²) >= 11 is 1.31. The third-order valence-electron chi connectivity index (χ3n) is 1.03. The molecule has 4 heteroatoms. The van der Waals surface area contributed by atoms with Gasteiger partial charge in [-0.1, -0.05) is 0 Å². The van der Waals surface area contributed by atoms with Crippen LogP contribution in [-0.4, -0.2) is 5.84 Å². The lowest BCUT2D eigenvalue weighted by Crippen LogP contribution is -2.10. The maximum atomic E-state index is 8.46. The molecule has 1 rings (SSSR count). The number of nitrogen functional groups attached to an aromatic ring is 1. The fraction of sp³-hybridized carbons (Fsp3) is 0. The molecule has 0 radical (unpaired) electrons. The predicted molar refractivity (Wildman–Crippen MR) is 40.1 cm³/mol. The van der Waals surface area contributed by atoms with Crippen molar-refractivity contribution in [3.63, 3.8) is 0 Å². The van der Waals surface area contributed by atoms with Crippen LogP contribution in [0.2, 0.25) is 0 Å². The number of hydrogen-bond acceptors (Lipinski definition) is 3. The van der Waals surface area contributed by atoms with Crippen LogP contribution in [0.1, 0.15) is 10.4 Å². The number of nitrogens with zero attached hydrogens (tertiary/aromatic N) is 1. The molecule has 0 spiro atoms. The Hall–Kier alpha value is -1.34. The van der Waals surface area contributed by atoms with Crippen LogP contribution in [-0.2, 0) is 0 Å². The summed E-state index contributed by atoms with van der Waals surface area (Å²) in [5, 5.41) is 17.2. The molecular weight excluding hydrogens is 146 g/mol. The van der Waals surface area contributed by atoms with Gasteiger partial charge < -0.3 is 5.73 Å². The second-order valence-electron chi connectivity index (χ2n) is 1.69. The van der Waals surface area contributed by atoms with Gasteiger partial charge in [-0.2, -0.15) is 5.26 Å². The lowest BCUT2D eigenvalue weighted by atomic mass is 10.3. The van der Waals surface area contributed by atoms with Gasteiger partial charge in [-0.15, -0.1) is 11.3 Å². The number of nitriles is 1. The van der Waals surface area contributed by atoms with Crippen molar-refractivity contribution in [1.82, 2.24) is 0 Å². The molecule has 0 bridgehead atoms. The fourth-order valence-corrected chi connectivity index (χ4v) is 1.31. The zero-order valence-electron chi connectivity index (χ0n) is 5.09. The molecule has 1 aromatic heterocycles. The number of thiophene rings is 1. The Labute approximate surface area is 62.2 Å². The first-order chi connectivity index (χ1) is 4.75. The summed E-state index contributed by atoms with van der Waals surface area (Å²) < 4.78 is 0. The molecule has 0 saturated carbocycles. The number of nitrogens with two attached hydrogens (primary N) is 1. The number of rotatable bonds is 1. The molecule has 0 aliphatic rings. The molecule has 0 fully saturated rings. The third kappa shape index (κ3) is 0.993. The molecule has 3 N–H and O–H groups in total. The fourth-order valence-electron chi connectivity index (χ4n) is 0.606. The van der Waals surface area contributed by atoms with Crippen molar-refractivity contribution in [3.05, 3.63) is 21.9 Å². The Morgan fingerprint density at radius 2 is 2.50 bits per heavy atom. The van der Waals surface area contributed by atoms with Crippen molar-refractivity contribution in [3.8, 4) is 6.07 Å². The van der Waals surface area contributed by atoms with Crippen molar-refractivity contribution in [2.75, 3.05) is 0 Å². The average molecular weight is 151 g/mol. The van der Waals surface area contributed by atoms with Crippen LogP contribution < -0.4 is 5.73 Å². The van der Waals surface area contributed by atoms with Crippen LogP contribution in [0.25, 0.3) is 0 Å². The highest BCUT2D eigenvalue weighted by molar-refractivity contribution is 7.12. The summed E-state index contributed by atoms with van der Waals surface area (Å²) in [5.74, 6) is -0.0356. The number of hydrogen-bond donors (Lipinski definition) is 2. The van der Waals surface area contributed by atoms with Gasteiger partial charge in [0.1, 0.15) is 11.9 Å². The number of amidine groups is 1. The maximum absolute atomic E-state index is 8.46. The maximum Gasteiger partial charge on any atom is 0.134 e. The van der Waals surface area contributed by atoms with Crippen molar-refractivity contribution in [2.45, 2.75) is 0 Å². The van der Waals surface area contributed by atoms with Gasteiger partial charge in [0.05, 0.1) is 10.4 Å². The quantitative estimate of drug-likeness (QED) is 0.462. The zero-order chi connectivity index (χ0) is 7.56. The highest BCUT2D eigenvalue weighted by Gasteiger charge is 2.04. The van der Waals surface area contributed by atoms with E-state index in [1.165, 1.54) is 11.3 Å².